The van der Waals surface area contributed by atoms with Crippen LogP contribution in [0, 0.1) is 6.92 Å². The van der Waals surface area contributed by atoms with Crippen molar-refractivity contribution in [1.82, 2.24) is 15.1 Å². The molecule has 3 rings (SSSR count). The Morgan fingerprint density at radius 3 is 2.54 bits per heavy atom. The number of thiophene rings is 1. The summed E-state index contributed by atoms with van der Waals surface area (Å²) >= 11 is 1.01. The van der Waals surface area contributed by atoms with Crippen molar-refractivity contribution >= 4 is 27.5 Å². The highest BCUT2D eigenvalue weighted by molar-refractivity contribution is 7.20. The molecule has 0 unspecified atom stereocenters. The van der Waals surface area contributed by atoms with Gasteiger partial charge in [0.1, 0.15) is 4.83 Å². The van der Waals surface area contributed by atoms with Crippen LogP contribution in [0.5, 0.6) is 0 Å². The minimum atomic E-state index is -4.55. The van der Waals surface area contributed by atoms with Crippen LogP contribution in [0.25, 0.3) is 10.2 Å². The topological polar surface area (TPSA) is 46.9 Å². The van der Waals surface area contributed by atoms with Crippen LogP contribution in [0.2, 0.25) is 0 Å². The molecule has 0 radical (unpaired) electrons. The Bertz CT molecular complexity index is 941. The zero-order valence-corrected chi connectivity index (χ0v) is 15.3. The van der Waals surface area contributed by atoms with Crippen molar-refractivity contribution in [2.75, 3.05) is 0 Å². The number of nitrogens with one attached hydrogen (secondary N) is 1. The molecule has 0 saturated heterocycles. The van der Waals surface area contributed by atoms with Gasteiger partial charge in [0.05, 0.1) is 10.9 Å². The van der Waals surface area contributed by atoms with E-state index in [0.717, 1.165) is 27.1 Å². The van der Waals surface area contributed by atoms with Gasteiger partial charge in [-0.25, -0.2) is 0 Å². The molecule has 0 bridgehead atoms. The molecule has 2 aromatic heterocycles. The van der Waals surface area contributed by atoms with Crippen molar-refractivity contribution in [2.24, 2.45) is 7.05 Å². The van der Waals surface area contributed by atoms with Gasteiger partial charge >= 0.3 is 6.18 Å². The van der Waals surface area contributed by atoms with Gasteiger partial charge in [0.15, 0.2) is 5.69 Å². The maximum Gasteiger partial charge on any atom is 0.435 e. The van der Waals surface area contributed by atoms with Gasteiger partial charge in [-0.3, -0.25) is 9.48 Å². The van der Waals surface area contributed by atoms with Crippen LogP contribution in [0.3, 0.4) is 0 Å². The first-order chi connectivity index (χ1) is 12.2. The van der Waals surface area contributed by atoms with Gasteiger partial charge in [-0.15, -0.1) is 11.3 Å². The minimum Gasteiger partial charge on any atom is -0.345 e. The van der Waals surface area contributed by atoms with Gasteiger partial charge in [0, 0.05) is 12.4 Å². The van der Waals surface area contributed by atoms with Crippen molar-refractivity contribution in [3.63, 3.8) is 0 Å². The van der Waals surface area contributed by atoms with Crippen LogP contribution in [0.4, 0.5) is 13.2 Å². The second-order valence-electron chi connectivity index (χ2n) is 6.14. The highest BCUT2D eigenvalue weighted by Gasteiger charge is 2.37. The lowest BCUT2D eigenvalue weighted by atomic mass is 10.0. The number of halogens is 3. The molecule has 0 fully saturated rings. The first kappa shape index (κ1) is 18.4. The fourth-order valence-corrected chi connectivity index (χ4v) is 3.79. The van der Waals surface area contributed by atoms with E-state index < -0.39 is 11.9 Å². The van der Waals surface area contributed by atoms with Crippen molar-refractivity contribution < 1.29 is 18.0 Å². The summed E-state index contributed by atoms with van der Waals surface area (Å²) in [6.45, 7) is 3.92. The van der Waals surface area contributed by atoms with Crippen LogP contribution in [-0.2, 0) is 13.2 Å². The maximum atomic E-state index is 13.1. The lowest BCUT2D eigenvalue weighted by Crippen LogP contribution is -2.27. The van der Waals surface area contributed by atoms with E-state index in [4.69, 9.17) is 0 Å². The second-order valence-corrected chi connectivity index (χ2v) is 7.18. The molecule has 1 N–H and O–H groups in total. The molecule has 0 aliphatic carbocycles. The summed E-state index contributed by atoms with van der Waals surface area (Å²) in [5, 5.41) is 6.39. The average Bonchev–Trinajstić information content (AvgIpc) is 3.13. The zero-order valence-electron chi connectivity index (χ0n) is 14.5. The number of rotatable bonds is 4. The largest absolute Gasteiger partial charge is 0.435 e. The van der Waals surface area contributed by atoms with Gasteiger partial charge in [-0.1, -0.05) is 36.8 Å². The molecule has 138 valence electrons. The lowest BCUT2D eigenvalue weighted by molar-refractivity contribution is -0.140. The Balaban J connectivity index is 1.88. The second kappa shape index (κ2) is 6.75. The van der Waals surface area contributed by atoms with Gasteiger partial charge in [0.25, 0.3) is 5.91 Å². The molecule has 8 heteroatoms. The summed E-state index contributed by atoms with van der Waals surface area (Å²) in [5.74, 6) is -0.383. The average molecular weight is 381 g/mol. The lowest BCUT2D eigenvalue weighted by Gasteiger charge is -2.17. The Labute approximate surface area is 152 Å². The molecule has 0 spiro atoms. The van der Waals surface area contributed by atoms with Gasteiger partial charge in [0.2, 0.25) is 0 Å². The molecule has 4 nitrogen and oxygen atoms in total. The minimum absolute atomic E-state index is 0.0430. The number of carbonyl (C=O) groups excluding carboxylic acids is 1. The van der Waals surface area contributed by atoms with Gasteiger partial charge < -0.3 is 5.32 Å². The highest BCUT2D eigenvalue weighted by Crippen LogP contribution is 2.37. The third-order valence-electron chi connectivity index (χ3n) is 4.20. The summed E-state index contributed by atoms with van der Waals surface area (Å²) in [7, 11) is 1.44. The van der Waals surface area contributed by atoms with E-state index in [1.807, 2.05) is 38.1 Å². The normalized spacial score (nSPS) is 13.2. The van der Waals surface area contributed by atoms with Crippen LogP contribution < -0.4 is 5.32 Å². The quantitative estimate of drug-likeness (QED) is 0.703. The number of carbonyl (C=O) groups is 1. The number of hydrogen-bond donors (Lipinski definition) is 1. The molecule has 1 aromatic carbocycles. The Hall–Kier alpha value is -2.35. The molecular formula is C18H18F3N3OS. The number of aromatic nitrogens is 2. The number of alkyl halides is 3. The highest BCUT2D eigenvalue weighted by atomic mass is 32.1. The van der Waals surface area contributed by atoms with Crippen LogP contribution in [0.15, 0.2) is 30.3 Å². The Morgan fingerprint density at radius 1 is 1.31 bits per heavy atom. The molecule has 1 atom stereocenters. The van der Waals surface area contributed by atoms with Crippen molar-refractivity contribution in [3.05, 3.63) is 52.0 Å². The van der Waals surface area contributed by atoms with E-state index in [2.05, 4.69) is 10.4 Å². The third kappa shape index (κ3) is 3.46. The standard InChI is InChI=1S/C18H18F3N3OS/c1-4-13(11-7-5-10(2)6-8-11)22-16(25)14-9-12-15(18(19,20)21)23-24(3)17(12)26-14/h5-9,13H,4H2,1-3H3,(H,22,25)/t13-/m1/s1. The summed E-state index contributed by atoms with van der Waals surface area (Å²) in [4.78, 5) is 13.1. The van der Waals surface area contributed by atoms with Crippen molar-refractivity contribution in [1.29, 1.82) is 0 Å². The fraction of sp³-hybridized carbons (Fsp3) is 0.333. The predicted octanol–water partition coefficient (Wildman–Crippen LogP) is 4.84. The number of nitrogens with zero attached hydrogens (tertiary/aromatic N) is 2. The van der Waals surface area contributed by atoms with Gasteiger partial charge in [-0.05, 0) is 25.0 Å². The van der Waals surface area contributed by atoms with Crippen molar-refractivity contribution in [3.8, 4) is 0 Å². The van der Waals surface area contributed by atoms with E-state index in [9.17, 15) is 18.0 Å². The van der Waals surface area contributed by atoms with Crippen LogP contribution in [-0.4, -0.2) is 15.7 Å². The van der Waals surface area contributed by atoms with Gasteiger partial charge in [-0.2, -0.15) is 18.3 Å². The number of hydrogen-bond acceptors (Lipinski definition) is 3. The SMILES string of the molecule is CC[C@@H](NC(=O)c1cc2c(C(F)(F)F)nn(C)c2s1)c1ccc(C)cc1. The maximum absolute atomic E-state index is 13.1. The van der Waals surface area contributed by atoms with E-state index in [1.54, 1.807) is 0 Å². The third-order valence-corrected chi connectivity index (χ3v) is 5.40. The predicted molar refractivity (Wildman–Crippen MR) is 95.3 cm³/mol. The summed E-state index contributed by atoms with van der Waals surface area (Å²) in [6, 6.07) is 8.89. The van der Waals surface area contributed by atoms with E-state index in [-0.39, 0.29) is 22.2 Å². The summed E-state index contributed by atoms with van der Waals surface area (Å²) in [5.41, 5.74) is 1.12. The first-order valence-corrected chi connectivity index (χ1v) is 8.93. The van der Waals surface area contributed by atoms with Crippen LogP contribution >= 0.6 is 11.3 Å². The molecule has 0 saturated carbocycles. The van der Waals surface area contributed by atoms with Crippen LogP contribution in [0.1, 0.15) is 45.9 Å². The molecule has 0 aliphatic rings. The Kier molecular flexibility index (Phi) is 4.79. The van der Waals surface area contributed by atoms with E-state index in [0.29, 0.717) is 11.3 Å². The smallest absolute Gasteiger partial charge is 0.345 e. The number of aryl methyl sites for hydroxylation is 2. The molecular weight excluding hydrogens is 363 g/mol. The number of amides is 1. The fourth-order valence-electron chi connectivity index (χ4n) is 2.81. The molecule has 2 heterocycles. The Morgan fingerprint density at radius 2 is 1.96 bits per heavy atom. The monoisotopic (exact) mass is 381 g/mol. The first-order valence-electron chi connectivity index (χ1n) is 8.12. The number of fused-ring (bicyclic) bond motifs is 1. The van der Waals surface area contributed by atoms with Crippen molar-refractivity contribution in [2.45, 2.75) is 32.5 Å². The summed E-state index contributed by atoms with van der Waals surface area (Å²) in [6.07, 6.45) is -3.88. The molecule has 1 amide bonds. The molecule has 26 heavy (non-hydrogen) atoms. The zero-order chi connectivity index (χ0) is 19.1. The summed E-state index contributed by atoms with van der Waals surface area (Å²) < 4.78 is 40.4. The molecule has 3 aromatic rings. The molecule has 0 aliphatic heterocycles. The van der Waals surface area contributed by atoms with E-state index >= 15 is 0 Å². The number of benzene rings is 1. The van der Waals surface area contributed by atoms with E-state index in [1.165, 1.54) is 13.1 Å².